The Balaban J connectivity index is 2.33. The normalized spacial score (nSPS) is 25.2. The third-order valence-electron chi connectivity index (χ3n) is 3.38. The number of sulfone groups is 1. The summed E-state index contributed by atoms with van der Waals surface area (Å²) in [4.78, 5) is 0.438. The lowest BCUT2D eigenvalue weighted by Gasteiger charge is -2.31. The quantitative estimate of drug-likeness (QED) is 0.852. The Kier molecular flexibility index (Phi) is 2.80. The SMILES string of the molecule is Cc1ccc(S(=O)(=O)C2CC(N)C2)cc1C. The maximum atomic E-state index is 12.2. The van der Waals surface area contributed by atoms with E-state index in [0.717, 1.165) is 11.1 Å². The predicted octanol–water partition coefficient (Wildman–Crippen LogP) is 1.57. The number of rotatable bonds is 2. The largest absolute Gasteiger partial charge is 0.328 e. The zero-order chi connectivity index (χ0) is 11.9. The van der Waals surface area contributed by atoms with Gasteiger partial charge >= 0.3 is 0 Å². The molecule has 0 radical (unpaired) electrons. The van der Waals surface area contributed by atoms with Crippen molar-refractivity contribution in [3.05, 3.63) is 29.3 Å². The first-order valence-corrected chi connectivity index (χ1v) is 7.02. The molecule has 0 spiro atoms. The summed E-state index contributed by atoms with van der Waals surface area (Å²) in [6.45, 7) is 3.91. The van der Waals surface area contributed by atoms with Crippen LogP contribution in [0.15, 0.2) is 23.1 Å². The maximum absolute atomic E-state index is 12.2. The lowest BCUT2D eigenvalue weighted by Crippen LogP contribution is -2.44. The highest BCUT2D eigenvalue weighted by atomic mass is 32.2. The highest BCUT2D eigenvalue weighted by molar-refractivity contribution is 7.92. The van der Waals surface area contributed by atoms with E-state index in [2.05, 4.69) is 0 Å². The van der Waals surface area contributed by atoms with E-state index in [1.54, 1.807) is 12.1 Å². The van der Waals surface area contributed by atoms with Crippen molar-refractivity contribution >= 4 is 9.84 Å². The molecule has 0 bridgehead atoms. The van der Waals surface area contributed by atoms with Crippen LogP contribution in [-0.2, 0) is 9.84 Å². The molecule has 1 aliphatic rings. The minimum atomic E-state index is -3.15. The molecule has 0 aliphatic heterocycles. The molecular weight excluding hydrogens is 222 g/mol. The number of benzene rings is 1. The fourth-order valence-electron chi connectivity index (χ4n) is 1.94. The van der Waals surface area contributed by atoms with Gasteiger partial charge in [0.15, 0.2) is 9.84 Å². The van der Waals surface area contributed by atoms with Crippen LogP contribution in [0, 0.1) is 13.8 Å². The van der Waals surface area contributed by atoms with Crippen LogP contribution >= 0.6 is 0 Å². The number of hydrogen-bond donors (Lipinski definition) is 1. The van der Waals surface area contributed by atoms with Crippen LogP contribution in [-0.4, -0.2) is 19.7 Å². The second kappa shape index (κ2) is 3.86. The Hall–Kier alpha value is -0.870. The van der Waals surface area contributed by atoms with Gasteiger partial charge in [-0.2, -0.15) is 0 Å². The molecule has 1 aromatic rings. The van der Waals surface area contributed by atoms with E-state index in [1.807, 2.05) is 19.9 Å². The van der Waals surface area contributed by atoms with E-state index in [-0.39, 0.29) is 11.3 Å². The van der Waals surface area contributed by atoms with Gasteiger partial charge in [0.05, 0.1) is 10.1 Å². The van der Waals surface area contributed by atoms with Gasteiger partial charge in [-0.15, -0.1) is 0 Å². The van der Waals surface area contributed by atoms with E-state index < -0.39 is 9.84 Å². The van der Waals surface area contributed by atoms with Crippen LogP contribution in [0.1, 0.15) is 24.0 Å². The van der Waals surface area contributed by atoms with E-state index in [4.69, 9.17) is 5.73 Å². The third kappa shape index (κ3) is 1.87. The predicted molar refractivity (Wildman–Crippen MR) is 64.1 cm³/mol. The number of hydrogen-bond acceptors (Lipinski definition) is 3. The van der Waals surface area contributed by atoms with Gasteiger partial charge in [0, 0.05) is 6.04 Å². The average molecular weight is 239 g/mol. The van der Waals surface area contributed by atoms with E-state index in [0.29, 0.717) is 17.7 Å². The van der Waals surface area contributed by atoms with Crippen molar-refractivity contribution in [3.8, 4) is 0 Å². The first kappa shape index (κ1) is 11.6. The first-order valence-electron chi connectivity index (χ1n) is 5.48. The number of aryl methyl sites for hydroxylation is 2. The Morgan fingerprint density at radius 2 is 1.81 bits per heavy atom. The van der Waals surface area contributed by atoms with Crippen LogP contribution in [0.2, 0.25) is 0 Å². The fourth-order valence-corrected chi connectivity index (χ4v) is 3.93. The third-order valence-corrected chi connectivity index (χ3v) is 5.55. The van der Waals surface area contributed by atoms with Crippen molar-refractivity contribution in [1.29, 1.82) is 0 Å². The summed E-state index contributed by atoms with van der Waals surface area (Å²) >= 11 is 0. The molecule has 2 rings (SSSR count). The lowest BCUT2D eigenvalue weighted by atomic mass is 9.93. The Bertz CT molecular complexity index is 502. The van der Waals surface area contributed by atoms with E-state index in [9.17, 15) is 8.42 Å². The molecule has 1 saturated carbocycles. The molecule has 0 aromatic heterocycles. The molecule has 0 unspecified atom stereocenters. The van der Waals surface area contributed by atoms with Gasteiger partial charge in [0.1, 0.15) is 0 Å². The molecular formula is C12H17NO2S. The van der Waals surface area contributed by atoms with Crippen LogP contribution in [0.4, 0.5) is 0 Å². The smallest absolute Gasteiger partial charge is 0.181 e. The van der Waals surface area contributed by atoms with Crippen molar-refractivity contribution in [2.24, 2.45) is 5.73 Å². The second-order valence-electron chi connectivity index (χ2n) is 4.64. The highest BCUT2D eigenvalue weighted by Gasteiger charge is 2.37. The standard InChI is InChI=1S/C12H17NO2S/c1-8-3-4-11(5-9(8)2)16(14,15)12-6-10(13)7-12/h3-5,10,12H,6-7,13H2,1-2H3. The van der Waals surface area contributed by atoms with Crippen LogP contribution in [0.3, 0.4) is 0 Å². The minimum Gasteiger partial charge on any atom is -0.328 e. The molecule has 0 amide bonds. The van der Waals surface area contributed by atoms with Gasteiger partial charge in [0.25, 0.3) is 0 Å². The van der Waals surface area contributed by atoms with Crippen LogP contribution in [0.25, 0.3) is 0 Å². The Labute approximate surface area is 96.6 Å². The molecule has 3 nitrogen and oxygen atoms in total. The summed E-state index contributed by atoms with van der Waals surface area (Å²) in [7, 11) is -3.15. The van der Waals surface area contributed by atoms with Gasteiger partial charge < -0.3 is 5.73 Å². The second-order valence-corrected chi connectivity index (χ2v) is 6.87. The van der Waals surface area contributed by atoms with Gasteiger partial charge in [-0.05, 0) is 49.9 Å². The van der Waals surface area contributed by atoms with Crippen molar-refractivity contribution in [1.82, 2.24) is 0 Å². The lowest BCUT2D eigenvalue weighted by molar-refractivity contribution is 0.409. The number of nitrogens with two attached hydrogens (primary N) is 1. The molecule has 4 heteroatoms. The molecule has 88 valence electrons. The topological polar surface area (TPSA) is 60.2 Å². The zero-order valence-electron chi connectivity index (χ0n) is 9.60. The summed E-state index contributed by atoms with van der Waals surface area (Å²) in [6, 6.07) is 5.38. The average Bonchev–Trinajstić information content (AvgIpc) is 2.17. The first-order chi connectivity index (χ1) is 7.41. The molecule has 1 aliphatic carbocycles. The van der Waals surface area contributed by atoms with Gasteiger partial charge in [-0.1, -0.05) is 6.07 Å². The minimum absolute atomic E-state index is 0.0614. The van der Waals surface area contributed by atoms with Crippen LogP contribution in [0.5, 0.6) is 0 Å². The monoisotopic (exact) mass is 239 g/mol. The molecule has 1 aromatic carbocycles. The van der Waals surface area contributed by atoms with Gasteiger partial charge in [0.2, 0.25) is 0 Å². The summed E-state index contributed by atoms with van der Waals surface area (Å²) in [5.41, 5.74) is 7.77. The van der Waals surface area contributed by atoms with Crippen molar-refractivity contribution in [2.45, 2.75) is 42.9 Å². The molecule has 0 heterocycles. The zero-order valence-corrected chi connectivity index (χ0v) is 10.4. The van der Waals surface area contributed by atoms with Crippen molar-refractivity contribution < 1.29 is 8.42 Å². The molecule has 16 heavy (non-hydrogen) atoms. The molecule has 2 N–H and O–H groups in total. The Morgan fingerprint density at radius 1 is 1.19 bits per heavy atom. The summed E-state index contributed by atoms with van der Waals surface area (Å²) in [5.74, 6) is 0. The molecule has 1 fully saturated rings. The van der Waals surface area contributed by atoms with Crippen molar-refractivity contribution in [3.63, 3.8) is 0 Å². The molecule has 0 saturated heterocycles. The summed E-state index contributed by atoms with van der Waals surface area (Å²) in [5, 5.41) is -0.274. The summed E-state index contributed by atoms with van der Waals surface area (Å²) < 4.78 is 24.3. The van der Waals surface area contributed by atoms with E-state index in [1.165, 1.54) is 0 Å². The van der Waals surface area contributed by atoms with Gasteiger partial charge in [-0.25, -0.2) is 8.42 Å². The Morgan fingerprint density at radius 3 is 2.31 bits per heavy atom. The van der Waals surface area contributed by atoms with Gasteiger partial charge in [-0.3, -0.25) is 0 Å². The highest BCUT2D eigenvalue weighted by Crippen LogP contribution is 2.31. The van der Waals surface area contributed by atoms with Crippen molar-refractivity contribution in [2.75, 3.05) is 0 Å². The summed E-state index contributed by atoms with van der Waals surface area (Å²) in [6.07, 6.45) is 1.19. The molecule has 0 atom stereocenters. The maximum Gasteiger partial charge on any atom is 0.181 e. The fraction of sp³-hybridized carbons (Fsp3) is 0.500. The van der Waals surface area contributed by atoms with E-state index >= 15 is 0 Å². The van der Waals surface area contributed by atoms with Crippen LogP contribution < -0.4 is 5.73 Å².